The van der Waals surface area contributed by atoms with E-state index >= 15 is 0 Å². The summed E-state index contributed by atoms with van der Waals surface area (Å²) < 4.78 is 24.1. The fourth-order valence-corrected chi connectivity index (χ4v) is 10.7. The zero-order valence-electron chi connectivity index (χ0n) is 40.8. The fraction of sp³-hybridized carbons (Fsp3) is 0.397. The highest BCUT2D eigenvalue weighted by atomic mass is 16.6. The van der Waals surface area contributed by atoms with E-state index in [1.807, 2.05) is 11.0 Å². The molecule has 1 atom stereocenters. The van der Waals surface area contributed by atoms with E-state index in [4.69, 9.17) is 18.9 Å². The highest BCUT2D eigenvalue weighted by molar-refractivity contribution is 6.10. The lowest BCUT2D eigenvalue weighted by molar-refractivity contribution is -0.151. The van der Waals surface area contributed by atoms with E-state index in [0.29, 0.717) is 26.2 Å². The van der Waals surface area contributed by atoms with Crippen molar-refractivity contribution in [2.45, 2.75) is 90.1 Å². The number of ether oxygens (including phenoxy) is 4. The summed E-state index contributed by atoms with van der Waals surface area (Å²) in [5.41, 5.74) is 10.9. The molecule has 9 rings (SSSR count). The van der Waals surface area contributed by atoms with Crippen molar-refractivity contribution in [3.8, 4) is 22.6 Å². The van der Waals surface area contributed by atoms with E-state index in [9.17, 15) is 14.4 Å². The van der Waals surface area contributed by atoms with E-state index in [-0.39, 0.29) is 48.4 Å². The molecule has 0 saturated carbocycles. The van der Waals surface area contributed by atoms with Crippen molar-refractivity contribution in [3.63, 3.8) is 0 Å². The predicted molar refractivity (Wildman–Crippen MR) is 271 cm³/mol. The third-order valence-corrected chi connectivity index (χ3v) is 14.5. The Morgan fingerprint density at radius 1 is 0.765 bits per heavy atom. The lowest BCUT2D eigenvalue weighted by atomic mass is 9.76. The fourth-order valence-electron chi connectivity index (χ4n) is 10.7. The second-order valence-electron chi connectivity index (χ2n) is 20.3. The lowest BCUT2D eigenvalue weighted by Crippen LogP contribution is -2.48. The Morgan fingerprint density at radius 2 is 1.46 bits per heavy atom. The number of piperazine rings is 1. The Kier molecular flexibility index (Phi) is 12.7. The first-order valence-corrected chi connectivity index (χ1v) is 24.3. The maximum Gasteiger partial charge on any atom is 0.333 e. The van der Waals surface area contributed by atoms with Gasteiger partial charge in [0.1, 0.15) is 24.7 Å². The number of rotatable bonds is 12. The van der Waals surface area contributed by atoms with Gasteiger partial charge in [0.25, 0.3) is 0 Å². The summed E-state index contributed by atoms with van der Waals surface area (Å²) in [6, 6.07) is 30.9. The monoisotopic (exact) mass is 915 g/mol. The number of fused-ring (bicyclic) bond motifs is 8. The van der Waals surface area contributed by atoms with Crippen LogP contribution < -0.4 is 19.3 Å². The van der Waals surface area contributed by atoms with Crippen molar-refractivity contribution in [2.75, 3.05) is 69.4 Å². The summed E-state index contributed by atoms with van der Waals surface area (Å²) >= 11 is 0. The van der Waals surface area contributed by atoms with Crippen LogP contribution in [-0.2, 0) is 40.3 Å². The summed E-state index contributed by atoms with van der Waals surface area (Å²) in [6.45, 7) is 21.0. The topological polar surface area (TPSA) is 97.8 Å². The molecule has 2 saturated heterocycles. The second-order valence-corrected chi connectivity index (χ2v) is 20.3. The standard InChI is InChI=1S/C58H65N3O7/c1-38(2)55(64)67-34-33-66-51(63)24-23-50(62)61-31-29-59(30-32-61)42-20-17-40(18-21-42)58(39-15-11-9-12-16-39)26-25-44-53-52(43-22-19-41(56(3,4)5)35-47(43)57(53,6)7)45-36-48(60-27-13-10-14-28-60)49(65-8)37-46(45)54(44)68-58/h9,11-12,15-22,25-26,35-37H,1,10,13-14,23-24,27-34H2,2-8H3. The van der Waals surface area contributed by atoms with Gasteiger partial charge in [-0.05, 0) is 95.1 Å². The molecule has 0 N–H and O–H groups in total. The van der Waals surface area contributed by atoms with E-state index in [1.54, 1.807) is 14.0 Å². The number of carbonyl (C=O) groups is 3. The maximum absolute atomic E-state index is 13.1. The van der Waals surface area contributed by atoms with E-state index in [2.05, 4.69) is 142 Å². The van der Waals surface area contributed by atoms with Crippen molar-refractivity contribution >= 4 is 46.1 Å². The van der Waals surface area contributed by atoms with Crippen molar-refractivity contribution in [3.05, 3.63) is 137 Å². The number of hydrogen-bond donors (Lipinski definition) is 0. The SMILES string of the molecule is C=C(C)C(=O)OCCOC(=O)CCC(=O)N1CCN(c2ccc(C3(c4ccccc4)C=Cc4c5c(c6cc(N7CCCCC7)c(OC)cc6c4O3)-c3ccc(C(C)(C)C)cc3C5(C)C)cc2)CC1. The molecule has 0 radical (unpaired) electrons. The number of carbonyl (C=O) groups excluding carboxylic acids is 3. The van der Waals surface area contributed by atoms with E-state index in [0.717, 1.165) is 70.9 Å². The Balaban J connectivity index is 1.02. The Bertz CT molecular complexity index is 2790. The largest absolute Gasteiger partial charge is 0.495 e. The average Bonchev–Trinajstić information content (AvgIpc) is 3.59. The normalized spacial score (nSPS) is 18.3. The van der Waals surface area contributed by atoms with Crippen LogP contribution in [0.1, 0.15) is 107 Å². The number of nitrogens with zero attached hydrogens (tertiary/aromatic N) is 3. The molecule has 0 spiro atoms. The summed E-state index contributed by atoms with van der Waals surface area (Å²) in [7, 11) is 1.78. The van der Waals surface area contributed by atoms with Crippen LogP contribution in [0.25, 0.3) is 28.0 Å². The molecule has 354 valence electrons. The second kappa shape index (κ2) is 18.5. The maximum atomic E-state index is 13.1. The van der Waals surface area contributed by atoms with Crippen LogP contribution in [0.2, 0.25) is 0 Å². The summed E-state index contributed by atoms with van der Waals surface area (Å²) in [6.07, 6.45) is 8.17. The van der Waals surface area contributed by atoms with Crippen molar-refractivity contribution in [1.29, 1.82) is 0 Å². The highest BCUT2D eigenvalue weighted by Crippen LogP contribution is 2.59. The van der Waals surface area contributed by atoms with Gasteiger partial charge in [0.05, 0.1) is 19.2 Å². The molecule has 3 aliphatic heterocycles. The molecule has 1 amide bonds. The van der Waals surface area contributed by atoms with E-state index in [1.165, 1.54) is 39.6 Å². The van der Waals surface area contributed by atoms with Crippen LogP contribution in [0.15, 0.2) is 103 Å². The van der Waals surface area contributed by atoms with Crippen molar-refractivity contribution in [2.24, 2.45) is 0 Å². The van der Waals surface area contributed by atoms with Crippen LogP contribution >= 0.6 is 0 Å². The van der Waals surface area contributed by atoms with Gasteiger partial charge >= 0.3 is 11.9 Å². The van der Waals surface area contributed by atoms with Crippen LogP contribution in [0.3, 0.4) is 0 Å². The van der Waals surface area contributed by atoms with E-state index < -0.39 is 17.5 Å². The van der Waals surface area contributed by atoms with Crippen LogP contribution in [0.5, 0.6) is 11.5 Å². The molecule has 10 nitrogen and oxygen atoms in total. The van der Waals surface area contributed by atoms with Gasteiger partial charge in [-0.1, -0.05) is 108 Å². The average molecular weight is 916 g/mol. The summed E-state index contributed by atoms with van der Waals surface area (Å²) in [5, 5.41) is 2.21. The molecule has 0 bridgehead atoms. The molecular formula is C58H65N3O7. The molecule has 2 fully saturated rings. The number of anilines is 2. The minimum absolute atomic E-state index is 0.00378. The molecule has 1 unspecified atom stereocenters. The number of hydrogen-bond acceptors (Lipinski definition) is 9. The van der Waals surface area contributed by atoms with Gasteiger partial charge in [0, 0.05) is 84.4 Å². The molecule has 10 heteroatoms. The van der Waals surface area contributed by atoms with Gasteiger partial charge in [-0.25, -0.2) is 4.79 Å². The summed E-state index contributed by atoms with van der Waals surface area (Å²) in [5.74, 6) is 0.592. The number of benzene rings is 5. The molecule has 4 aliphatic rings. The van der Waals surface area contributed by atoms with Gasteiger partial charge < -0.3 is 33.6 Å². The summed E-state index contributed by atoms with van der Waals surface area (Å²) in [4.78, 5) is 43.6. The first kappa shape index (κ1) is 46.6. The van der Waals surface area contributed by atoms with Gasteiger partial charge in [0.15, 0.2) is 5.60 Å². The third-order valence-electron chi connectivity index (χ3n) is 14.5. The molecule has 1 aliphatic carbocycles. The van der Waals surface area contributed by atoms with Crippen LogP contribution in [0, 0.1) is 0 Å². The Morgan fingerprint density at radius 3 is 2.13 bits per heavy atom. The molecule has 68 heavy (non-hydrogen) atoms. The lowest BCUT2D eigenvalue weighted by Gasteiger charge is -2.39. The van der Waals surface area contributed by atoms with Crippen LogP contribution in [-0.4, -0.2) is 82.3 Å². The first-order valence-electron chi connectivity index (χ1n) is 24.3. The zero-order valence-corrected chi connectivity index (χ0v) is 40.8. The van der Waals surface area contributed by atoms with Gasteiger partial charge in [0.2, 0.25) is 5.91 Å². The first-order chi connectivity index (χ1) is 32.6. The minimum Gasteiger partial charge on any atom is -0.495 e. The van der Waals surface area contributed by atoms with Crippen molar-refractivity contribution < 1.29 is 33.3 Å². The molecule has 5 aromatic rings. The number of esters is 2. The molecular weight excluding hydrogens is 851 g/mol. The molecule has 0 aromatic heterocycles. The van der Waals surface area contributed by atoms with Gasteiger partial charge in [-0.3, -0.25) is 9.59 Å². The van der Waals surface area contributed by atoms with Crippen molar-refractivity contribution in [1.82, 2.24) is 4.90 Å². The number of piperidine rings is 1. The van der Waals surface area contributed by atoms with Crippen LogP contribution in [0.4, 0.5) is 11.4 Å². The predicted octanol–water partition coefficient (Wildman–Crippen LogP) is 10.9. The Hall–Kier alpha value is -6.55. The molecule has 3 heterocycles. The van der Waals surface area contributed by atoms with Gasteiger partial charge in [-0.15, -0.1) is 0 Å². The number of amides is 1. The molecule has 5 aromatic carbocycles. The highest BCUT2D eigenvalue weighted by Gasteiger charge is 2.45. The zero-order chi connectivity index (χ0) is 48.0. The number of methoxy groups -OCH3 is 1. The van der Waals surface area contributed by atoms with Gasteiger partial charge in [-0.2, -0.15) is 0 Å². The smallest absolute Gasteiger partial charge is 0.333 e. The quantitative estimate of drug-likeness (QED) is 0.0688. The third kappa shape index (κ3) is 8.63. The minimum atomic E-state index is -0.941. The Labute approximate surface area is 401 Å².